The Balaban J connectivity index is 2.23. The van der Waals surface area contributed by atoms with E-state index >= 15 is 0 Å². The molecule has 1 N–H and O–H groups in total. The number of anilines is 1. The molecule has 0 aliphatic rings. The zero-order valence-electron chi connectivity index (χ0n) is 17.3. The van der Waals surface area contributed by atoms with E-state index < -0.39 is 8.32 Å². The topological polar surface area (TPSA) is 32.7 Å². The SMILES string of the molecule is CCN(CCCCCCO[Si](C)(C)C(C)(C)C)c1ccc(CO)cc1. The van der Waals surface area contributed by atoms with Gasteiger partial charge in [0.2, 0.25) is 0 Å². The van der Waals surface area contributed by atoms with Crippen molar-refractivity contribution in [2.45, 2.75) is 78.1 Å². The quantitative estimate of drug-likeness (QED) is 0.410. The lowest BCUT2D eigenvalue weighted by Crippen LogP contribution is -2.40. The summed E-state index contributed by atoms with van der Waals surface area (Å²) in [5.41, 5.74) is 2.22. The molecule has 0 aliphatic heterocycles. The number of aliphatic hydroxyl groups is 1. The molecular formula is C21H39NO2Si. The number of hydrogen-bond acceptors (Lipinski definition) is 3. The Bertz CT molecular complexity index is 480. The van der Waals surface area contributed by atoms with Gasteiger partial charge in [-0.1, -0.05) is 45.7 Å². The van der Waals surface area contributed by atoms with Gasteiger partial charge in [-0.25, -0.2) is 0 Å². The van der Waals surface area contributed by atoms with Gasteiger partial charge in [0.1, 0.15) is 0 Å². The monoisotopic (exact) mass is 365 g/mol. The van der Waals surface area contributed by atoms with Crippen LogP contribution >= 0.6 is 0 Å². The summed E-state index contributed by atoms with van der Waals surface area (Å²) in [4.78, 5) is 2.41. The molecule has 1 aromatic rings. The number of unbranched alkanes of at least 4 members (excludes halogenated alkanes) is 3. The average Bonchev–Trinajstić information content (AvgIpc) is 2.56. The summed E-state index contributed by atoms with van der Waals surface area (Å²) in [6.07, 6.45) is 4.89. The van der Waals surface area contributed by atoms with Crippen LogP contribution in [0.5, 0.6) is 0 Å². The van der Waals surface area contributed by atoms with Gasteiger partial charge in [0.05, 0.1) is 6.61 Å². The van der Waals surface area contributed by atoms with Gasteiger partial charge < -0.3 is 14.4 Å². The molecule has 0 saturated carbocycles. The molecular weight excluding hydrogens is 326 g/mol. The third-order valence-corrected chi connectivity index (χ3v) is 10.00. The van der Waals surface area contributed by atoms with Crippen molar-refractivity contribution in [2.75, 3.05) is 24.6 Å². The fourth-order valence-corrected chi connectivity index (χ4v) is 3.67. The second-order valence-corrected chi connectivity index (χ2v) is 13.2. The van der Waals surface area contributed by atoms with Crippen LogP contribution in [0.4, 0.5) is 5.69 Å². The average molecular weight is 366 g/mol. The predicted octanol–water partition coefficient (Wildman–Crippen LogP) is 5.59. The summed E-state index contributed by atoms with van der Waals surface area (Å²) in [7, 11) is -1.58. The maximum atomic E-state index is 9.14. The van der Waals surface area contributed by atoms with E-state index in [1.165, 1.54) is 31.4 Å². The molecule has 0 heterocycles. The molecule has 0 amide bonds. The Morgan fingerprint density at radius 3 is 2.12 bits per heavy atom. The van der Waals surface area contributed by atoms with Crippen LogP contribution in [0.3, 0.4) is 0 Å². The molecule has 3 nitrogen and oxygen atoms in total. The Morgan fingerprint density at radius 2 is 1.60 bits per heavy atom. The van der Waals surface area contributed by atoms with E-state index in [1.54, 1.807) is 0 Å². The van der Waals surface area contributed by atoms with Crippen molar-refractivity contribution in [3.63, 3.8) is 0 Å². The first-order valence-electron chi connectivity index (χ1n) is 9.80. The minimum atomic E-state index is -1.58. The second-order valence-electron chi connectivity index (χ2n) is 8.43. The van der Waals surface area contributed by atoms with Crippen LogP contribution in [0.25, 0.3) is 0 Å². The van der Waals surface area contributed by atoms with E-state index in [1.807, 2.05) is 12.1 Å². The lowest BCUT2D eigenvalue weighted by Gasteiger charge is -2.36. The van der Waals surface area contributed by atoms with Gasteiger partial charge in [-0.05, 0) is 55.6 Å². The molecule has 144 valence electrons. The highest BCUT2D eigenvalue weighted by Gasteiger charge is 2.36. The van der Waals surface area contributed by atoms with E-state index in [-0.39, 0.29) is 6.61 Å². The van der Waals surface area contributed by atoms with Gasteiger partial charge in [-0.2, -0.15) is 0 Å². The zero-order chi connectivity index (χ0) is 18.9. The van der Waals surface area contributed by atoms with E-state index in [0.29, 0.717) is 5.04 Å². The van der Waals surface area contributed by atoms with Gasteiger partial charge in [0, 0.05) is 25.4 Å². The van der Waals surface area contributed by atoms with Crippen LogP contribution in [-0.4, -0.2) is 33.1 Å². The molecule has 0 aliphatic carbocycles. The van der Waals surface area contributed by atoms with Gasteiger partial charge in [0.25, 0.3) is 0 Å². The molecule has 4 heteroatoms. The van der Waals surface area contributed by atoms with Crippen LogP contribution in [0.2, 0.25) is 18.1 Å². The van der Waals surface area contributed by atoms with E-state index in [9.17, 15) is 0 Å². The van der Waals surface area contributed by atoms with Crippen molar-refractivity contribution in [1.82, 2.24) is 0 Å². The van der Waals surface area contributed by atoms with Crippen molar-refractivity contribution in [3.05, 3.63) is 29.8 Å². The molecule has 1 rings (SSSR count). The summed E-state index contributed by atoms with van der Waals surface area (Å²) < 4.78 is 6.24. The Labute approximate surface area is 156 Å². The van der Waals surface area contributed by atoms with E-state index in [2.05, 4.69) is 57.8 Å². The third kappa shape index (κ3) is 7.51. The number of rotatable bonds is 11. The zero-order valence-corrected chi connectivity index (χ0v) is 18.3. The fraction of sp³-hybridized carbons (Fsp3) is 0.714. The molecule has 0 fully saturated rings. The molecule has 0 aromatic heterocycles. The lowest BCUT2D eigenvalue weighted by molar-refractivity contribution is 0.277. The largest absolute Gasteiger partial charge is 0.417 e. The second kappa shape index (κ2) is 10.3. The van der Waals surface area contributed by atoms with Crippen molar-refractivity contribution in [2.24, 2.45) is 0 Å². The van der Waals surface area contributed by atoms with Crippen LogP contribution in [0, 0.1) is 0 Å². The van der Waals surface area contributed by atoms with Crippen LogP contribution in [0.15, 0.2) is 24.3 Å². The standard InChI is InChI=1S/C21H39NO2Si/c1-7-22(20-14-12-19(18-23)13-15-20)16-10-8-9-11-17-24-25(5,6)21(2,3)4/h12-15,23H,7-11,16-18H2,1-6H3. The molecule has 0 unspecified atom stereocenters. The highest BCUT2D eigenvalue weighted by Crippen LogP contribution is 2.36. The van der Waals surface area contributed by atoms with Gasteiger partial charge in [-0.15, -0.1) is 0 Å². The third-order valence-electron chi connectivity index (χ3n) is 5.46. The lowest BCUT2D eigenvalue weighted by atomic mass is 10.1. The molecule has 0 radical (unpaired) electrons. The number of aliphatic hydroxyl groups excluding tert-OH is 1. The maximum Gasteiger partial charge on any atom is 0.191 e. The highest BCUT2D eigenvalue weighted by atomic mass is 28.4. The van der Waals surface area contributed by atoms with Crippen molar-refractivity contribution in [1.29, 1.82) is 0 Å². The highest BCUT2D eigenvalue weighted by molar-refractivity contribution is 6.74. The van der Waals surface area contributed by atoms with Crippen LogP contribution < -0.4 is 4.90 Å². The fourth-order valence-electron chi connectivity index (χ4n) is 2.58. The van der Waals surface area contributed by atoms with Gasteiger partial charge >= 0.3 is 0 Å². The summed E-state index contributed by atoms with van der Waals surface area (Å²) in [5.74, 6) is 0. The minimum absolute atomic E-state index is 0.114. The van der Waals surface area contributed by atoms with Crippen molar-refractivity contribution >= 4 is 14.0 Å². The first-order chi connectivity index (χ1) is 11.7. The molecule has 0 spiro atoms. The summed E-state index contributed by atoms with van der Waals surface area (Å²) in [6, 6.07) is 8.25. The minimum Gasteiger partial charge on any atom is -0.417 e. The van der Waals surface area contributed by atoms with Crippen LogP contribution in [0.1, 0.15) is 58.9 Å². The van der Waals surface area contributed by atoms with Crippen molar-refractivity contribution in [3.8, 4) is 0 Å². The number of hydrogen-bond donors (Lipinski definition) is 1. The Kier molecular flexibility index (Phi) is 9.18. The molecule has 1 aromatic carbocycles. The Morgan fingerprint density at radius 1 is 1.00 bits per heavy atom. The normalized spacial score (nSPS) is 12.4. The maximum absolute atomic E-state index is 9.14. The molecule has 0 atom stereocenters. The van der Waals surface area contributed by atoms with Crippen molar-refractivity contribution < 1.29 is 9.53 Å². The first-order valence-corrected chi connectivity index (χ1v) is 12.7. The molecule has 0 saturated heterocycles. The molecule has 25 heavy (non-hydrogen) atoms. The number of benzene rings is 1. The molecule has 0 bridgehead atoms. The van der Waals surface area contributed by atoms with Gasteiger partial charge in [0.15, 0.2) is 8.32 Å². The van der Waals surface area contributed by atoms with E-state index in [0.717, 1.165) is 25.3 Å². The van der Waals surface area contributed by atoms with Gasteiger partial charge in [-0.3, -0.25) is 0 Å². The Hall–Kier alpha value is -0.843. The first kappa shape index (κ1) is 22.2. The summed E-state index contributed by atoms with van der Waals surface area (Å²) in [6.45, 7) is 16.9. The summed E-state index contributed by atoms with van der Waals surface area (Å²) in [5, 5.41) is 9.45. The smallest absolute Gasteiger partial charge is 0.191 e. The number of nitrogens with zero attached hydrogens (tertiary/aromatic N) is 1. The summed E-state index contributed by atoms with van der Waals surface area (Å²) >= 11 is 0. The van der Waals surface area contributed by atoms with Crippen LogP contribution in [-0.2, 0) is 11.0 Å². The predicted molar refractivity (Wildman–Crippen MR) is 112 cm³/mol. The van der Waals surface area contributed by atoms with E-state index in [4.69, 9.17) is 9.53 Å².